The van der Waals surface area contributed by atoms with Gasteiger partial charge in [-0.3, -0.25) is 4.99 Å². The Hall–Kier alpha value is -0.730. The Kier molecular flexibility index (Phi) is 4.30. The smallest absolute Gasteiger partial charge is 0.188 e. The van der Waals surface area contributed by atoms with E-state index in [0.29, 0.717) is 17.4 Å². The summed E-state index contributed by atoms with van der Waals surface area (Å²) in [5.74, 6) is 0.677. The van der Waals surface area contributed by atoms with Gasteiger partial charge < -0.3 is 11.1 Å². The molecule has 0 saturated heterocycles. The van der Waals surface area contributed by atoms with Crippen LogP contribution in [0.25, 0.3) is 0 Å². The Morgan fingerprint density at radius 1 is 1.24 bits per heavy atom. The standard InChI is InChI=1S/C14H27N3/c1-2-14(9-5-6-10-14)11-16-13(15)17-12-7-3-4-8-12/h12H,2-11H2,1H3,(H3,15,16,17). The Labute approximate surface area is 105 Å². The van der Waals surface area contributed by atoms with Crippen LogP contribution in [0.15, 0.2) is 4.99 Å². The molecule has 0 aromatic carbocycles. The number of hydrogen-bond acceptors (Lipinski definition) is 1. The fraction of sp³-hybridized carbons (Fsp3) is 0.929. The summed E-state index contributed by atoms with van der Waals surface area (Å²) in [6.07, 6.45) is 11.9. The number of aliphatic imine (C=N–C) groups is 1. The van der Waals surface area contributed by atoms with Crippen molar-refractivity contribution in [1.82, 2.24) is 5.32 Å². The molecular formula is C14H27N3. The molecule has 0 atom stereocenters. The zero-order valence-corrected chi connectivity index (χ0v) is 11.2. The lowest BCUT2D eigenvalue weighted by atomic mass is 9.84. The molecule has 0 radical (unpaired) electrons. The van der Waals surface area contributed by atoms with E-state index in [1.54, 1.807) is 0 Å². The highest BCUT2D eigenvalue weighted by atomic mass is 15.1. The third-order valence-electron chi connectivity index (χ3n) is 4.71. The van der Waals surface area contributed by atoms with Gasteiger partial charge in [0, 0.05) is 12.6 Å². The van der Waals surface area contributed by atoms with Crippen molar-refractivity contribution in [3.8, 4) is 0 Å². The average molecular weight is 237 g/mol. The summed E-state index contributed by atoms with van der Waals surface area (Å²) in [6.45, 7) is 3.22. The van der Waals surface area contributed by atoms with Crippen LogP contribution in [0.3, 0.4) is 0 Å². The molecule has 2 aliphatic carbocycles. The quantitative estimate of drug-likeness (QED) is 0.583. The third-order valence-corrected chi connectivity index (χ3v) is 4.71. The second-order valence-electron chi connectivity index (χ2n) is 5.89. The predicted octanol–water partition coefficient (Wildman–Crippen LogP) is 2.80. The Morgan fingerprint density at radius 2 is 1.88 bits per heavy atom. The lowest BCUT2D eigenvalue weighted by molar-refractivity contribution is 0.297. The number of nitrogens with one attached hydrogen (secondary N) is 1. The maximum absolute atomic E-state index is 5.98. The van der Waals surface area contributed by atoms with Crippen LogP contribution in [0.4, 0.5) is 0 Å². The molecule has 3 heteroatoms. The minimum atomic E-state index is 0.460. The van der Waals surface area contributed by atoms with Crippen molar-refractivity contribution in [2.24, 2.45) is 16.1 Å². The molecule has 0 amide bonds. The topological polar surface area (TPSA) is 50.4 Å². The van der Waals surface area contributed by atoms with Gasteiger partial charge in [0.25, 0.3) is 0 Å². The molecule has 2 fully saturated rings. The van der Waals surface area contributed by atoms with E-state index in [1.165, 1.54) is 57.8 Å². The van der Waals surface area contributed by atoms with Crippen molar-refractivity contribution in [3.05, 3.63) is 0 Å². The van der Waals surface area contributed by atoms with E-state index in [9.17, 15) is 0 Å². The maximum atomic E-state index is 5.98. The van der Waals surface area contributed by atoms with Gasteiger partial charge in [0.15, 0.2) is 5.96 Å². The fourth-order valence-corrected chi connectivity index (χ4v) is 3.33. The van der Waals surface area contributed by atoms with Gasteiger partial charge in [-0.25, -0.2) is 0 Å². The van der Waals surface area contributed by atoms with E-state index in [2.05, 4.69) is 17.2 Å². The van der Waals surface area contributed by atoms with Crippen LogP contribution in [-0.2, 0) is 0 Å². The highest BCUT2D eigenvalue weighted by Crippen LogP contribution is 2.41. The summed E-state index contributed by atoms with van der Waals surface area (Å²) in [7, 11) is 0. The van der Waals surface area contributed by atoms with Crippen LogP contribution < -0.4 is 11.1 Å². The molecule has 0 bridgehead atoms. The van der Waals surface area contributed by atoms with E-state index in [4.69, 9.17) is 5.73 Å². The summed E-state index contributed by atoms with van der Waals surface area (Å²) in [5.41, 5.74) is 6.44. The Bertz CT molecular complexity index is 261. The second-order valence-corrected chi connectivity index (χ2v) is 5.89. The van der Waals surface area contributed by atoms with Gasteiger partial charge in [-0.15, -0.1) is 0 Å². The maximum Gasteiger partial charge on any atom is 0.188 e. The van der Waals surface area contributed by atoms with E-state index < -0.39 is 0 Å². The van der Waals surface area contributed by atoms with E-state index in [-0.39, 0.29) is 0 Å². The molecule has 0 aromatic heterocycles. The van der Waals surface area contributed by atoms with Crippen molar-refractivity contribution >= 4 is 5.96 Å². The van der Waals surface area contributed by atoms with Crippen LogP contribution in [0.5, 0.6) is 0 Å². The molecule has 98 valence electrons. The van der Waals surface area contributed by atoms with Gasteiger partial charge in [-0.2, -0.15) is 0 Å². The Balaban J connectivity index is 1.81. The first-order valence-electron chi connectivity index (χ1n) is 7.31. The van der Waals surface area contributed by atoms with Crippen molar-refractivity contribution in [2.75, 3.05) is 6.54 Å². The molecule has 3 nitrogen and oxygen atoms in total. The van der Waals surface area contributed by atoms with Crippen LogP contribution in [0.2, 0.25) is 0 Å². The van der Waals surface area contributed by atoms with E-state index >= 15 is 0 Å². The van der Waals surface area contributed by atoms with Gasteiger partial charge in [0.2, 0.25) is 0 Å². The summed E-state index contributed by atoms with van der Waals surface area (Å²) in [6, 6.07) is 0.583. The predicted molar refractivity (Wildman–Crippen MR) is 73.1 cm³/mol. The first kappa shape index (κ1) is 12.7. The number of nitrogens with two attached hydrogens (primary N) is 1. The first-order chi connectivity index (χ1) is 8.24. The lowest BCUT2D eigenvalue weighted by Crippen LogP contribution is -2.39. The zero-order chi connectivity index (χ0) is 12.1. The molecule has 0 unspecified atom stereocenters. The van der Waals surface area contributed by atoms with Gasteiger partial charge >= 0.3 is 0 Å². The highest BCUT2D eigenvalue weighted by molar-refractivity contribution is 5.78. The van der Waals surface area contributed by atoms with Crippen LogP contribution in [0, 0.1) is 5.41 Å². The van der Waals surface area contributed by atoms with Crippen molar-refractivity contribution in [1.29, 1.82) is 0 Å². The minimum Gasteiger partial charge on any atom is -0.370 e. The average Bonchev–Trinajstić information content (AvgIpc) is 2.98. The largest absolute Gasteiger partial charge is 0.370 e. The van der Waals surface area contributed by atoms with Gasteiger partial charge in [-0.1, -0.05) is 32.6 Å². The van der Waals surface area contributed by atoms with Gasteiger partial charge in [0.05, 0.1) is 0 Å². The SMILES string of the molecule is CCC1(CN=C(N)NC2CCCC2)CCCC1. The summed E-state index contributed by atoms with van der Waals surface area (Å²) >= 11 is 0. The van der Waals surface area contributed by atoms with Crippen molar-refractivity contribution < 1.29 is 0 Å². The molecule has 2 saturated carbocycles. The van der Waals surface area contributed by atoms with E-state index in [0.717, 1.165) is 6.54 Å². The highest BCUT2D eigenvalue weighted by Gasteiger charge is 2.31. The molecule has 0 heterocycles. The lowest BCUT2D eigenvalue weighted by Gasteiger charge is -2.25. The number of hydrogen-bond donors (Lipinski definition) is 2. The minimum absolute atomic E-state index is 0.460. The summed E-state index contributed by atoms with van der Waals surface area (Å²) in [4.78, 5) is 4.60. The zero-order valence-electron chi connectivity index (χ0n) is 11.2. The van der Waals surface area contributed by atoms with Crippen molar-refractivity contribution in [2.45, 2.75) is 70.8 Å². The van der Waals surface area contributed by atoms with Crippen LogP contribution in [-0.4, -0.2) is 18.5 Å². The van der Waals surface area contributed by atoms with Crippen LogP contribution in [0.1, 0.15) is 64.7 Å². The summed E-state index contributed by atoms with van der Waals surface area (Å²) in [5, 5.41) is 3.37. The molecule has 0 aromatic rings. The second kappa shape index (κ2) is 5.74. The molecule has 17 heavy (non-hydrogen) atoms. The molecule has 0 spiro atoms. The van der Waals surface area contributed by atoms with Crippen LogP contribution >= 0.6 is 0 Å². The monoisotopic (exact) mass is 237 g/mol. The molecule has 2 aliphatic rings. The molecule has 3 N–H and O–H groups in total. The van der Waals surface area contributed by atoms with Gasteiger partial charge in [0.1, 0.15) is 0 Å². The fourth-order valence-electron chi connectivity index (χ4n) is 3.33. The number of rotatable bonds is 4. The summed E-state index contributed by atoms with van der Waals surface area (Å²) < 4.78 is 0. The van der Waals surface area contributed by atoms with E-state index in [1.807, 2.05) is 0 Å². The normalized spacial score (nSPS) is 25.4. The first-order valence-corrected chi connectivity index (χ1v) is 7.31. The number of nitrogens with zero attached hydrogens (tertiary/aromatic N) is 1. The van der Waals surface area contributed by atoms with Gasteiger partial charge in [-0.05, 0) is 37.5 Å². The number of guanidine groups is 1. The molecule has 2 rings (SSSR count). The molecule has 0 aliphatic heterocycles. The Morgan fingerprint density at radius 3 is 2.47 bits per heavy atom. The third kappa shape index (κ3) is 3.36. The van der Waals surface area contributed by atoms with Crippen molar-refractivity contribution in [3.63, 3.8) is 0 Å². The molecular weight excluding hydrogens is 210 g/mol.